The molecule has 0 aliphatic heterocycles. The van der Waals surface area contributed by atoms with E-state index in [4.69, 9.17) is 5.11 Å². The third-order valence-corrected chi connectivity index (χ3v) is 2.77. The summed E-state index contributed by atoms with van der Waals surface area (Å²) >= 11 is 0. The Morgan fingerprint density at radius 3 is 2.57 bits per heavy atom. The Balaban J connectivity index is 3.01. The van der Waals surface area contributed by atoms with E-state index in [0.717, 1.165) is 0 Å². The van der Waals surface area contributed by atoms with Gasteiger partial charge in [-0.25, -0.2) is 4.79 Å². The molecule has 1 unspecified atom stereocenters. The van der Waals surface area contributed by atoms with E-state index in [1.165, 1.54) is 18.2 Å². The normalized spacial score (nSPS) is 13.8. The summed E-state index contributed by atoms with van der Waals surface area (Å²) < 4.78 is 0. The average molecular weight is 297 g/mol. The summed E-state index contributed by atoms with van der Waals surface area (Å²) in [6.07, 6.45) is 0. The minimum absolute atomic E-state index is 0.0507. The van der Waals surface area contributed by atoms with Gasteiger partial charge in [0, 0.05) is 13.1 Å². The van der Waals surface area contributed by atoms with Crippen molar-refractivity contribution < 1.29 is 19.9 Å². The summed E-state index contributed by atoms with van der Waals surface area (Å²) in [6.45, 7) is 1.99. The summed E-state index contributed by atoms with van der Waals surface area (Å²) in [5, 5.41) is 33.0. The first kappa shape index (κ1) is 16.9. The predicted molar refractivity (Wildman–Crippen MR) is 77.7 cm³/mol. The number of aromatic carboxylic acids is 1. The maximum atomic E-state index is 11.1. The van der Waals surface area contributed by atoms with Crippen LogP contribution >= 0.6 is 0 Å². The van der Waals surface area contributed by atoms with E-state index in [1.807, 2.05) is 0 Å². The molecule has 0 radical (unpaired) electrons. The average Bonchev–Trinajstić information content (AvgIpc) is 2.34. The molecule has 0 bridgehead atoms. The summed E-state index contributed by atoms with van der Waals surface area (Å²) in [4.78, 5) is 23.2. The smallest absolute Gasteiger partial charge is 0.342 e. The number of likely N-dealkylation sites (N-methyl/N-ethyl adjacent to an activating group) is 1. The molecule has 0 fully saturated rings. The van der Waals surface area contributed by atoms with Gasteiger partial charge in [-0.3, -0.25) is 10.1 Å². The Hall–Kier alpha value is -2.19. The fourth-order valence-electron chi connectivity index (χ4n) is 2.08. The van der Waals surface area contributed by atoms with Gasteiger partial charge in [0.25, 0.3) is 0 Å². The highest BCUT2D eigenvalue weighted by Crippen LogP contribution is 2.29. The monoisotopic (exact) mass is 297 g/mol. The van der Waals surface area contributed by atoms with Crippen LogP contribution in [0.3, 0.4) is 0 Å². The van der Waals surface area contributed by atoms with Crippen LogP contribution in [-0.4, -0.2) is 58.8 Å². The number of carboxylic acid groups (broad SMARTS) is 1. The molecule has 1 aromatic rings. The van der Waals surface area contributed by atoms with Gasteiger partial charge in [-0.05, 0) is 33.2 Å². The number of nitro groups is 1. The Kier molecular flexibility index (Phi) is 5.23. The van der Waals surface area contributed by atoms with Crippen molar-refractivity contribution in [1.29, 1.82) is 0 Å². The minimum atomic E-state index is -1.37. The molecule has 0 saturated heterocycles. The number of carbonyl (C=O) groups is 1. The second kappa shape index (κ2) is 6.51. The van der Waals surface area contributed by atoms with Crippen LogP contribution in [0.2, 0.25) is 0 Å². The van der Waals surface area contributed by atoms with Gasteiger partial charge in [-0.2, -0.15) is 0 Å². The Morgan fingerprint density at radius 2 is 2.10 bits per heavy atom. The second-order valence-electron chi connectivity index (χ2n) is 5.35. The lowest BCUT2D eigenvalue weighted by molar-refractivity contribution is -0.384. The number of anilines is 1. The first-order chi connectivity index (χ1) is 9.64. The lowest BCUT2D eigenvalue weighted by atomic mass is 10.1. The van der Waals surface area contributed by atoms with E-state index >= 15 is 0 Å². The van der Waals surface area contributed by atoms with Crippen LogP contribution in [0.5, 0.6) is 0 Å². The summed E-state index contributed by atoms with van der Waals surface area (Å²) in [7, 11) is 3.59. The van der Waals surface area contributed by atoms with E-state index in [2.05, 4.69) is 5.32 Å². The van der Waals surface area contributed by atoms with Crippen molar-refractivity contribution in [3.63, 3.8) is 0 Å². The van der Waals surface area contributed by atoms with E-state index in [0.29, 0.717) is 6.54 Å². The van der Waals surface area contributed by atoms with Crippen molar-refractivity contribution in [3.05, 3.63) is 33.9 Å². The van der Waals surface area contributed by atoms with Crippen LogP contribution in [0.15, 0.2) is 18.2 Å². The van der Waals surface area contributed by atoms with Crippen LogP contribution in [0.4, 0.5) is 11.4 Å². The number of benzene rings is 1. The van der Waals surface area contributed by atoms with E-state index < -0.39 is 27.7 Å². The number of nitro benzene ring substituents is 1. The van der Waals surface area contributed by atoms with Gasteiger partial charge in [0.2, 0.25) is 0 Å². The van der Waals surface area contributed by atoms with E-state index in [-0.39, 0.29) is 12.2 Å². The van der Waals surface area contributed by atoms with Crippen molar-refractivity contribution in [3.8, 4) is 0 Å². The fraction of sp³-hybridized carbons (Fsp3) is 0.462. The topological polar surface area (TPSA) is 116 Å². The number of para-hydroxylation sites is 1. The molecule has 3 N–H and O–H groups in total. The standard InChI is InChI=1S/C13H19N3O5/c1-13(19,8-15(2)3)7-14-10-6-4-5-9(12(17)18)11(10)16(20)21/h4-6,14,19H,7-8H2,1-3H3,(H,17,18). The Labute approximate surface area is 122 Å². The number of carboxylic acids is 1. The van der Waals surface area contributed by atoms with Gasteiger partial charge < -0.3 is 20.4 Å². The van der Waals surface area contributed by atoms with Crippen LogP contribution in [0, 0.1) is 10.1 Å². The summed E-state index contributed by atoms with van der Waals surface area (Å²) in [6, 6.07) is 4.00. The van der Waals surface area contributed by atoms with Crippen LogP contribution < -0.4 is 5.32 Å². The van der Waals surface area contributed by atoms with Crippen LogP contribution in [0.1, 0.15) is 17.3 Å². The van der Waals surface area contributed by atoms with Gasteiger partial charge in [0.1, 0.15) is 11.3 Å². The predicted octanol–water partition coefficient (Wildman–Crippen LogP) is 1.02. The molecular weight excluding hydrogens is 278 g/mol. The molecular formula is C13H19N3O5. The zero-order chi connectivity index (χ0) is 16.2. The molecule has 1 atom stereocenters. The van der Waals surface area contributed by atoms with Gasteiger partial charge in [-0.15, -0.1) is 0 Å². The number of nitrogens with zero attached hydrogens (tertiary/aromatic N) is 2. The molecule has 0 saturated carbocycles. The van der Waals surface area contributed by atoms with Crippen LogP contribution in [0.25, 0.3) is 0 Å². The quantitative estimate of drug-likeness (QED) is 0.508. The van der Waals surface area contributed by atoms with E-state index in [9.17, 15) is 20.0 Å². The summed E-state index contributed by atoms with van der Waals surface area (Å²) in [5.74, 6) is -1.37. The highest BCUT2D eigenvalue weighted by Gasteiger charge is 2.26. The molecule has 0 amide bonds. The first-order valence-corrected chi connectivity index (χ1v) is 6.26. The van der Waals surface area contributed by atoms with Gasteiger partial charge in [0.05, 0.1) is 10.5 Å². The maximum Gasteiger partial charge on any atom is 0.342 e. The third-order valence-electron chi connectivity index (χ3n) is 2.77. The molecule has 8 nitrogen and oxygen atoms in total. The zero-order valence-electron chi connectivity index (χ0n) is 12.2. The van der Waals surface area contributed by atoms with Crippen molar-refractivity contribution in [2.24, 2.45) is 0 Å². The maximum absolute atomic E-state index is 11.1. The van der Waals surface area contributed by atoms with Crippen molar-refractivity contribution in [1.82, 2.24) is 4.90 Å². The molecule has 1 rings (SSSR count). The summed E-state index contributed by atoms with van der Waals surface area (Å²) in [5.41, 5.74) is -1.95. The molecule has 1 aromatic carbocycles. The minimum Gasteiger partial charge on any atom is -0.477 e. The molecule has 21 heavy (non-hydrogen) atoms. The molecule has 8 heteroatoms. The molecule has 116 valence electrons. The lowest BCUT2D eigenvalue weighted by Crippen LogP contribution is -2.43. The number of rotatable bonds is 7. The lowest BCUT2D eigenvalue weighted by Gasteiger charge is -2.27. The molecule has 0 aliphatic carbocycles. The second-order valence-corrected chi connectivity index (χ2v) is 5.35. The SMILES string of the molecule is CN(C)CC(C)(O)CNc1cccc(C(=O)O)c1[N+](=O)[O-]. The molecule has 0 aliphatic rings. The third kappa shape index (κ3) is 4.69. The Bertz CT molecular complexity index is 543. The highest BCUT2D eigenvalue weighted by molar-refractivity contribution is 5.95. The van der Waals surface area contributed by atoms with Crippen LogP contribution in [-0.2, 0) is 0 Å². The van der Waals surface area contributed by atoms with Gasteiger partial charge >= 0.3 is 11.7 Å². The van der Waals surface area contributed by atoms with Crippen molar-refractivity contribution >= 4 is 17.3 Å². The molecule has 0 aromatic heterocycles. The highest BCUT2D eigenvalue weighted by atomic mass is 16.6. The number of hydrogen-bond donors (Lipinski definition) is 3. The van der Waals surface area contributed by atoms with Crippen molar-refractivity contribution in [2.75, 3.05) is 32.5 Å². The zero-order valence-corrected chi connectivity index (χ0v) is 12.2. The fourth-order valence-corrected chi connectivity index (χ4v) is 2.08. The van der Waals surface area contributed by atoms with Gasteiger partial charge in [-0.1, -0.05) is 6.07 Å². The molecule has 0 heterocycles. The first-order valence-electron chi connectivity index (χ1n) is 6.26. The largest absolute Gasteiger partial charge is 0.477 e. The van der Waals surface area contributed by atoms with E-state index in [1.54, 1.807) is 25.9 Å². The number of hydrogen-bond acceptors (Lipinski definition) is 6. The number of aliphatic hydroxyl groups is 1. The Morgan fingerprint density at radius 1 is 1.48 bits per heavy atom. The molecule has 0 spiro atoms. The number of nitrogens with one attached hydrogen (secondary N) is 1. The van der Waals surface area contributed by atoms with Crippen molar-refractivity contribution in [2.45, 2.75) is 12.5 Å². The van der Waals surface area contributed by atoms with Gasteiger partial charge in [0.15, 0.2) is 0 Å².